The van der Waals surface area contributed by atoms with Crippen LogP contribution < -0.4 is 20.5 Å². The molecule has 1 aliphatic heterocycles. The van der Waals surface area contributed by atoms with Gasteiger partial charge in [-0.3, -0.25) is 4.79 Å². The quantitative estimate of drug-likeness (QED) is 0.859. The molecule has 18 heavy (non-hydrogen) atoms. The summed E-state index contributed by atoms with van der Waals surface area (Å²) in [6.07, 6.45) is 0. The van der Waals surface area contributed by atoms with E-state index in [9.17, 15) is 4.79 Å². The van der Waals surface area contributed by atoms with Gasteiger partial charge in [0.25, 0.3) is 5.91 Å². The van der Waals surface area contributed by atoms with Crippen molar-refractivity contribution in [2.45, 2.75) is 13.0 Å². The van der Waals surface area contributed by atoms with E-state index in [4.69, 9.17) is 15.2 Å². The van der Waals surface area contributed by atoms with Crippen LogP contribution >= 0.6 is 12.4 Å². The maximum Gasteiger partial charge on any atom is 0.255 e. The molecular formula is C12H17ClN2O3. The summed E-state index contributed by atoms with van der Waals surface area (Å²) in [5, 5.41) is 2.80. The molecule has 0 aromatic heterocycles. The first-order chi connectivity index (χ1) is 8.22. The molecule has 0 spiro atoms. The Morgan fingerprint density at radius 3 is 2.89 bits per heavy atom. The maximum absolute atomic E-state index is 12.0. The number of para-hydroxylation sites is 1. The molecule has 1 atom stereocenters. The highest BCUT2D eigenvalue weighted by Crippen LogP contribution is 2.33. The SMILES string of the molecule is C[C@H](CN)NC(=O)c1cccc2c1OCCO2.Cl. The van der Waals surface area contributed by atoms with Gasteiger partial charge in [-0.05, 0) is 19.1 Å². The molecule has 1 aromatic rings. The van der Waals surface area contributed by atoms with Crippen LogP contribution in [0.25, 0.3) is 0 Å². The number of amides is 1. The summed E-state index contributed by atoms with van der Waals surface area (Å²) >= 11 is 0. The molecule has 0 bridgehead atoms. The van der Waals surface area contributed by atoms with Gasteiger partial charge < -0.3 is 20.5 Å². The zero-order valence-electron chi connectivity index (χ0n) is 10.1. The van der Waals surface area contributed by atoms with E-state index in [0.29, 0.717) is 36.8 Å². The van der Waals surface area contributed by atoms with Crippen LogP contribution in [0.5, 0.6) is 11.5 Å². The molecule has 3 N–H and O–H groups in total. The second-order valence-corrected chi connectivity index (χ2v) is 3.94. The predicted molar refractivity (Wildman–Crippen MR) is 70.7 cm³/mol. The fourth-order valence-electron chi connectivity index (χ4n) is 1.61. The van der Waals surface area contributed by atoms with Crippen LogP contribution in [0.15, 0.2) is 18.2 Å². The zero-order chi connectivity index (χ0) is 12.3. The lowest BCUT2D eigenvalue weighted by molar-refractivity contribution is 0.0930. The van der Waals surface area contributed by atoms with Gasteiger partial charge in [0.05, 0.1) is 5.56 Å². The van der Waals surface area contributed by atoms with E-state index in [1.165, 1.54) is 0 Å². The average molecular weight is 273 g/mol. The first kappa shape index (κ1) is 14.6. The second-order valence-electron chi connectivity index (χ2n) is 3.94. The average Bonchev–Trinajstić information content (AvgIpc) is 2.37. The molecule has 0 aliphatic carbocycles. The normalized spacial score (nSPS) is 14.3. The molecule has 0 saturated carbocycles. The molecule has 1 aliphatic rings. The molecule has 6 heteroatoms. The fourth-order valence-corrected chi connectivity index (χ4v) is 1.61. The lowest BCUT2D eigenvalue weighted by Gasteiger charge is -2.21. The van der Waals surface area contributed by atoms with Crippen molar-refractivity contribution in [3.05, 3.63) is 23.8 Å². The van der Waals surface area contributed by atoms with Gasteiger partial charge in [0.1, 0.15) is 13.2 Å². The van der Waals surface area contributed by atoms with Crippen molar-refractivity contribution in [3.63, 3.8) is 0 Å². The highest BCUT2D eigenvalue weighted by molar-refractivity contribution is 5.98. The van der Waals surface area contributed by atoms with E-state index in [-0.39, 0.29) is 24.4 Å². The number of benzene rings is 1. The van der Waals surface area contributed by atoms with Crippen LogP contribution in [-0.4, -0.2) is 31.7 Å². The van der Waals surface area contributed by atoms with Crippen molar-refractivity contribution in [2.75, 3.05) is 19.8 Å². The minimum atomic E-state index is -0.190. The smallest absolute Gasteiger partial charge is 0.255 e. The van der Waals surface area contributed by atoms with E-state index >= 15 is 0 Å². The van der Waals surface area contributed by atoms with Gasteiger partial charge in [-0.1, -0.05) is 6.07 Å². The largest absolute Gasteiger partial charge is 0.486 e. The number of nitrogens with two attached hydrogens (primary N) is 1. The summed E-state index contributed by atoms with van der Waals surface area (Å²) in [6, 6.07) is 5.21. The topological polar surface area (TPSA) is 73.6 Å². The van der Waals surface area contributed by atoms with Crippen molar-refractivity contribution in [2.24, 2.45) is 5.73 Å². The van der Waals surface area contributed by atoms with Crippen LogP contribution in [0.4, 0.5) is 0 Å². The van der Waals surface area contributed by atoms with Crippen molar-refractivity contribution < 1.29 is 14.3 Å². The van der Waals surface area contributed by atoms with Gasteiger partial charge in [0.15, 0.2) is 11.5 Å². The molecule has 2 rings (SSSR count). The van der Waals surface area contributed by atoms with Gasteiger partial charge in [-0.15, -0.1) is 12.4 Å². The number of carbonyl (C=O) groups is 1. The lowest BCUT2D eigenvalue weighted by atomic mass is 10.1. The van der Waals surface area contributed by atoms with Gasteiger partial charge in [-0.25, -0.2) is 0 Å². The zero-order valence-corrected chi connectivity index (χ0v) is 11.0. The molecule has 100 valence electrons. The van der Waals surface area contributed by atoms with Gasteiger partial charge in [0, 0.05) is 12.6 Å². The van der Waals surface area contributed by atoms with Crippen LogP contribution in [-0.2, 0) is 0 Å². The summed E-state index contributed by atoms with van der Waals surface area (Å²) in [5.41, 5.74) is 5.95. The van der Waals surface area contributed by atoms with E-state index in [1.807, 2.05) is 6.92 Å². The monoisotopic (exact) mass is 272 g/mol. The highest BCUT2D eigenvalue weighted by Gasteiger charge is 2.20. The highest BCUT2D eigenvalue weighted by atomic mass is 35.5. The van der Waals surface area contributed by atoms with Crippen LogP contribution in [0.1, 0.15) is 17.3 Å². The summed E-state index contributed by atoms with van der Waals surface area (Å²) in [6.45, 7) is 3.23. The molecule has 5 nitrogen and oxygen atoms in total. The summed E-state index contributed by atoms with van der Waals surface area (Å²) in [4.78, 5) is 12.0. The third-order valence-corrected chi connectivity index (χ3v) is 2.54. The molecule has 0 saturated heterocycles. The first-order valence-electron chi connectivity index (χ1n) is 5.62. The Kier molecular flexibility index (Phi) is 5.25. The minimum absolute atomic E-state index is 0. The number of carbonyl (C=O) groups excluding carboxylic acids is 1. The number of hydrogen-bond donors (Lipinski definition) is 2. The van der Waals surface area contributed by atoms with Crippen molar-refractivity contribution in [3.8, 4) is 11.5 Å². The number of halogens is 1. The number of hydrogen-bond acceptors (Lipinski definition) is 4. The van der Waals surface area contributed by atoms with Crippen LogP contribution in [0.3, 0.4) is 0 Å². The van der Waals surface area contributed by atoms with Crippen LogP contribution in [0, 0.1) is 0 Å². The Bertz CT molecular complexity index is 426. The maximum atomic E-state index is 12.0. The predicted octanol–water partition coefficient (Wildman–Crippen LogP) is 0.957. The lowest BCUT2D eigenvalue weighted by Crippen LogP contribution is -2.38. The Labute approximate surface area is 112 Å². The van der Waals surface area contributed by atoms with E-state index < -0.39 is 0 Å². The molecular weight excluding hydrogens is 256 g/mol. The van der Waals surface area contributed by atoms with Crippen molar-refractivity contribution in [1.82, 2.24) is 5.32 Å². The molecule has 1 amide bonds. The van der Waals surface area contributed by atoms with E-state index in [1.54, 1.807) is 18.2 Å². The van der Waals surface area contributed by atoms with E-state index in [2.05, 4.69) is 5.32 Å². The molecule has 1 heterocycles. The van der Waals surface area contributed by atoms with Gasteiger partial charge >= 0.3 is 0 Å². The summed E-state index contributed by atoms with van der Waals surface area (Å²) in [7, 11) is 0. The second kappa shape index (κ2) is 6.47. The standard InChI is InChI=1S/C12H16N2O3.ClH/c1-8(7-13)14-12(15)9-3-2-4-10-11(9)17-6-5-16-10;/h2-4,8H,5-7,13H2,1H3,(H,14,15);1H/t8-;/m1./s1. The number of fused-ring (bicyclic) bond motifs is 1. The molecule has 0 unspecified atom stereocenters. The molecule has 1 aromatic carbocycles. The third-order valence-electron chi connectivity index (χ3n) is 2.54. The molecule has 0 radical (unpaired) electrons. The van der Waals surface area contributed by atoms with Gasteiger partial charge in [-0.2, -0.15) is 0 Å². The fraction of sp³-hybridized carbons (Fsp3) is 0.417. The Balaban J connectivity index is 0.00000162. The Hall–Kier alpha value is -1.46. The minimum Gasteiger partial charge on any atom is -0.486 e. The van der Waals surface area contributed by atoms with Crippen molar-refractivity contribution in [1.29, 1.82) is 0 Å². The molecule has 0 fully saturated rings. The summed E-state index contributed by atoms with van der Waals surface area (Å²) in [5.74, 6) is 0.940. The Morgan fingerprint density at radius 1 is 1.44 bits per heavy atom. The number of nitrogens with one attached hydrogen (secondary N) is 1. The van der Waals surface area contributed by atoms with Gasteiger partial charge in [0.2, 0.25) is 0 Å². The summed E-state index contributed by atoms with van der Waals surface area (Å²) < 4.78 is 10.9. The number of rotatable bonds is 3. The first-order valence-corrected chi connectivity index (χ1v) is 5.62. The third kappa shape index (κ3) is 3.05. The Morgan fingerprint density at radius 2 is 2.17 bits per heavy atom. The van der Waals surface area contributed by atoms with Crippen molar-refractivity contribution >= 4 is 18.3 Å². The van der Waals surface area contributed by atoms with Crippen LogP contribution in [0.2, 0.25) is 0 Å². The number of ether oxygens (including phenoxy) is 2. The van der Waals surface area contributed by atoms with E-state index in [0.717, 1.165) is 0 Å².